The zero-order valence-corrected chi connectivity index (χ0v) is 18.5. The van der Waals surface area contributed by atoms with Crippen molar-refractivity contribution in [3.8, 4) is 0 Å². The van der Waals surface area contributed by atoms with Gasteiger partial charge in [-0.2, -0.15) is 0 Å². The summed E-state index contributed by atoms with van der Waals surface area (Å²) in [6, 6.07) is 9.71. The highest BCUT2D eigenvalue weighted by molar-refractivity contribution is 5.96. The van der Waals surface area contributed by atoms with E-state index < -0.39 is 0 Å². The summed E-state index contributed by atoms with van der Waals surface area (Å²) >= 11 is 0. The third-order valence-electron chi connectivity index (χ3n) is 7.26. The SMILES string of the molecule is CCCCC1CCC2=C(Cc3nc(CCC(=O)c4ccccc4)n(C4CC4)c(=O)c32)C1. The first-order chi connectivity index (χ1) is 15.2. The lowest BCUT2D eigenvalue weighted by Crippen LogP contribution is -2.28. The molecule has 0 bridgehead atoms. The van der Waals surface area contributed by atoms with Crippen LogP contribution in [0, 0.1) is 5.92 Å². The average Bonchev–Trinajstić information content (AvgIpc) is 3.56. The molecule has 1 aromatic carbocycles. The summed E-state index contributed by atoms with van der Waals surface area (Å²) in [7, 11) is 0. The Hall–Kier alpha value is -2.49. The lowest BCUT2D eigenvalue weighted by atomic mass is 9.81. The first-order valence-corrected chi connectivity index (χ1v) is 12.1. The quantitative estimate of drug-likeness (QED) is 0.519. The van der Waals surface area contributed by atoms with Crippen molar-refractivity contribution in [1.29, 1.82) is 0 Å². The zero-order chi connectivity index (χ0) is 21.4. The third kappa shape index (κ3) is 4.05. The standard InChI is InChI=1S/C27H32N2O2/c1-2-3-7-18-10-13-22-20(16-18)17-23-26(22)27(31)29(21-11-12-21)25(28-23)15-14-24(30)19-8-5-4-6-9-19/h4-6,8-9,18,21H,2-3,7,10-17H2,1H3. The number of hydrogen-bond acceptors (Lipinski definition) is 3. The van der Waals surface area contributed by atoms with Gasteiger partial charge in [0.25, 0.3) is 5.56 Å². The summed E-state index contributed by atoms with van der Waals surface area (Å²) in [6.07, 6.45) is 11.1. The highest BCUT2D eigenvalue weighted by Gasteiger charge is 2.35. The second-order valence-corrected chi connectivity index (χ2v) is 9.56. The van der Waals surface area contributed by atoms with Crippen molar-refractivity contribution in [3.05, 3.63) is 68.9 Å². The summed E-state index contributed by atoms with van der Waals surface area (Å²) in [5.74, 6) is 1.70. The monoisotopic (exact) mass is 416 g/mol. The van der Waals surface area contributed by atoms with Crippen LogP contribution in [0.1, 0.15) is 98.2 Å². The number of unbranched alkanes of at least 4 members (excludes halogenated alkanes) is 1. The van der Waals surface area contributed by atoms with Gasteiger partial charge in [0, 0.05) is 30.9 Å². The van der Waals surface area contributed by atoms with Gasteiger partial charge in [-0.3, -0.25) is 14.2 Å². The van der Waals surface area contributed by atoms with E-state index in [4.69, 9.17) is 4.98 Å². The highest BCUT2D eigenvalue weighted by Crippen LogP contribution is 2.44. The van der Waals surface area contributed by atoms with Crippen molar-refractivity contribution in [3.63, 3.8) is 0 Å². The van der Waals surface area contributed by atoms with E-state index in [1.54, 1.807) is 0 Å². The van der Waals surface area contributed by atoms with E-state index in [1.807, 2.05) is 34.9 Å². The van der Waals surface area contributed by atoms with Crippen LogP contribution in [0.5, 0.6) is 0 Å². The number of carbonyl (C=O) groups is 1. The van der Waals surface area contributed by atoms with Crippen molar-refractivity contribution < 1.29 is 4.79 Å². The first kappa shape index (κ1) is 20.4. The second kappa shape index (κ2) is 8.57. The molecule has 0 N–H and O–H groups in total. The largest absolute Gasteiger partial charge is 0.294 e. The fourth-order valence-electron chi connectivity index (χ4n) is 5.46. The number of aryl methyl sites for hydroxylation is 1. The van der Waals surface area contributed by atoms with E-state index in [0.717, 1.165) is 60.7 Å². The Morgan fingerprint density at radius 3 is 2.71 bits per heavy atom. The summed E-state index contributed by atoms with van der Waals surface area (Å²) in [4.78, 5) is 31.2. The molecule has 5 rings (SSSR count). The molecule has 162 valence electrons. The Labute approximate surface area is 184 Å². The van der Waals surface area contributed by atoms with Crippen LogP contribution in [0.15, 0.2) is 40.7 Å². The molecule has 1 fully saturated rings. The molecule has 1 aromatic heterocycles. The van der Waals surface area contributed by atoms with Gasteiger partial charge in [-0.15, -0.1) is 0 Å². The predicted molar refractivity (Wildman–Crippen MR) is 123 cm³/mol. The van der Waals surface area contributed by atoms with Crippen LogP contribution in [-0.2, 0) is 12.8 Å². The molecule has 1 saturated carbocycles. The minimum absolute atomic E-state index is 0.119. The van der Waals surface area contributed by atoms with Crippen LogP contribution < -0.4 is 5.56 Å². The number of Topliss-reactive ketones (excluding diaryl/α,β-unsaturated/α-hetero) is 1. The van der Waals surface area contributed by atoms with Gasteiger partial charge in [0.05, 0.1) is 11.3 Å². The summed E-state index contributed by atoms with van der Waals surface area (Å²) in [5.41, 5.74) is 5.55. The van der Waals surface area contributed by atoms with E-state index in [0.29, 0.717) is 12.8 Å². The third-order valence-corrected chi connectivity index (χ3v) is 7.26. The summed E-state index contributed by atoms with van der Waals surface area (Å²) in [5, 5.41) is 0. The molecule has 4 heteroatoms. The van der Waals surface area contributed by atoms with E-state index in [-0.39, 0.29) is 17.4 Å². The van der Waals surface area contributed by atoms with E-state index >= 15 is 0 Å². The fraction of sp³-hybridized carbons (Fsp3) is 0.519. The smallest absolute Gasteiger partial charge is 0.261 e. The van der Waals surface area contributed by atoms with E-state index in [1.165, 1.54) is 36.8 Å². The molecule has 3 aliphatic carbocycles. The molecule has 0 saturated heterocycles. The number of fused-ring (bicyclic) bond motifs is 2. The maximum Gasteiger partial charge on any atom is 0.261 e. The Bertz CT molecular complexity index is 1080. The number of aromatic nitrogens is 2. The molecule has 1 unspecified atom stereocenters. The van der Waals surface area contributed by atoms with Crippen LogP contribution in [0.4, 0.5) is 0 Å². The van der Waals surface area contributed by atoms with Gasteiger partial charge in [0.1, 0.15) is 5.82 Å². The van der Waals surface area contributed by atoms with Gasteiger partial charge in [0.2, 0.25) is 0 Å². The van der Waals surface area contributed by atoms with Crippen molar-refractivity contribution in [1.82, 2.24) is 9.55 Å². The van der Waals surface area contributed by atoms with Gasteiger partial charge < -0.3 is 0 Å². The second-order valence-electron chi connectivity index (χ2n) is 9.56. The fourth-order valence-corrected chi connectivity index (χ4v) is 5.46. The molecule has 0 amide bonds. The molecule has 4 nitrogen and oxygen atoms in total. The Morgan fingerprint density at radius 2 is 1.97 bits per heavy atom. The number of carbonyl (C=O) groups excluding carboxylic acids is 1. The maximum absolute atomic E-state index is 13.6. The van der Waals surface area contributed by atoms with E-state index in [2.05, 4.69) is 6.92 Å². The van der Waals surface area contributed by atoms with Crippen LogP contribution >= 0.6 is 0 Å². The van der Waals surface area contributed by atoms with Gasteiger partial charge in [-0.05, 0) is 43.6 Å². The molecule has 3 aliphatic rings. The molecule has 0 aliphatic heterocycles. The summed E-state index contributed by atoms with van der Waals surface area (Å²) in [6.45, 7) is 2.26. The highest BCUT2D eigenvalue weighted by atomic mass is 16.1. The molecular formula is C27H32N2O2. The first-order valence-electron chi connectivity index (χ1n) is 12.1. The van der Waals surface area contributed by atoms with Crippen molar-refractivity contribution in [2.24, 2.45) is 5.92 Å². The number of benzene rings is 1. The predicted octanol–water partition coefficient (Wildman–Crippen LogP) is 5.69. The van der Waals surface area contributed by atoms with Crippen molar-refractivity contribution >= 4 is 11.4 Å². The van der Waals surface area contributed by atoms with E-state index in [9.17, 15) is 9.59 Å². The lowest BCUT2D eigenvalue weighted by molar-refractivity contribution is 0.0981. The minimum Gasteiger partial charge on any atom is -0.294 e. The molecule has 1 heterocycles. The van der Waals surface area contributed by atoms with Crippen LogP contribution in [0.3, 0.4) is 0 Å². The number of nitrogens with zero attached hydrogens (tertiary/aromatic N) is 2. The minimum atomic E-state index is 0.119. The van der Waals surface area contributed by atoms with Gasteiger partial charge in [0.15, 0.2) is 5.78 Å². The maximum atomic E-state index is 13.6. The molecule has 1 atom stereocenters. The molecule has 31 heavy (non-hydrogen) atoms. The Morgan fingerprint density at radius 1 is 1.16 bits per heavy atom. The average molecular weight is 417 g/mol. The molecular weight excluding hydrogens is 384 g/mol. The van der Waals surface area contributed by atoms with Gasteiger partial charge in [-0.25, -0.2) is 4.98 Å². The molecule has 0 radical (unpaired) electrons. The normalized spacial score (nSPS) is 20.0. The Balaban J connectivity index is 1.40. The number of hydrogen-bond donors (Lipinski definition) is 0. The number of ketones is 1. The van der Waals surface area contributed by atoms with Crippen molar-refractivity contribution in [2.75, 3.05) is 0 Å². The van der Waals surface area contributed by atoms with Crippen molar-refractivity contribution in [2.45, 2.75) is 83.6 Å². The van der Waals surface area contributed by atoms with Crippen LogP contribution in [0.2, 0.25) is 0 Å². The van der Waals surface area contributed by atoms with Crippen LogP contribution in [-0.4, -0.2) is 15.3 Å². The number of rotatable bonds is 8. The topological polar surface area (TPSA) is 52.0 Å². The molecule has 2 aromatic rings. The zero-order valence-electron chi connectivity index (χ0n) is 18.5. The van der Waals surface area contributed by atoms with Gasteiger partial charge >= 0.3 is 0 Å². The van der Waals surface area contributed by atoms with Crippen LogP contribution in [0.25, 0.3) is 5.57 Å². The molecule has 0 spiro atoms. The van der Waals surface area contributed by atoms with Gasteiger partial charge in [-0.1, -0.05) is 62.1 Å². The lowest BCUT2D eigenvalue weighted by Gasteiger charge is -2.24. The Kier molecular flexibility index (Phi) is 5.64. The summed E-state index contributed by atoms with van der Waals surface area (Å²) < 4.78 is 1.94. The number of allylic oxidation sites excluding steroid dienone is 2.